The summed E-state index contributed by atoms with van der Waals surface area (Å²) in [6.45, 7) is 5.60. The average Bonchev–Trinajstić information content (AvgIpc) is 3.12. The first-order valence-electron chi connectivity index (χ1n) is 11.1. The minimum absolute atomic E-state index is 0.124. The second-order valence-corrected chi connectivity index (χ2v) is 10.1. The van der Waals surface area contributed by atoms with Crippen LogP contribution in [0.15, 0.2) is 46.9 Å². The number of halogens is 1. The van der Waals surface area contributed by atoms with Crippen LogP contribution in [0.4, 0.5) is 5.69 Å². The van der Waals surface area contributed by atoms with E-state index >= 15 is 0 Å². The number of thiol groups is 1. The lowest BCUT2D eigenvalue weighted by molar-refractivity contribution is -0.137. The Morgan fingerprint density at radius 2 is 1.81 bits per heavy atom. The Balaban J connectivity index is 1.26. The number of piperazine rings is 1. The molecule has 32 heavy (non-hydrogen) atoms. The zero-order chi connectivity index (χ0) is 22.2. The van der Waals surface area contributed by atoms with Crippen LogP contribution in [-0.2, 0) is 22.7 Å². The molecule has 3 heterocycles. The number of carbonyl (C=O) groups excluding carboxylic acids is 2. The predicted octanol–water partition coefficient (Wildman–Crippen LogP) is 3.32. The van der Waals surface area contributed by atoms with Crippen LogP contribution in [0.5, 0.6) is 0 Å². The molecule has 2 fully saturated rings. The molecule has 6 nitrogen and oxygen atoms in total. The first-order valence-corrected chi connectivity index (χ1v) is 12.4. The standard InChI is InChI=1S/C24H27BrN4O2S/c25-19-6-1-2-7-20(19)28-12-10-27(11-13-28)14-16-4-3-5-17-18(16)15-29(24(17)32)21-8-9-22(30)26-23(21)31/h1-7,21,24,32H,8-15H2,(H,26,30,31). The van der Waals surface area contributed by atoms with Crippen LogP contribution in [0.3, 0.4) is 0 Å². The summed E-state index contributed by atoms with van der Waals surface area (Å²) in [5, 5.41) is 2.36. The molecular formula is C24H27BrN4O2S. The van der Waals surface area contributed by atoms with Crippen LogP contribution < -0.4 is 10.2 Å². The molecule has 0 saturated carbocycles. The highest BCUT2D eigenvalue weighted by Crippen LogP contribution is 2.41. The van der Waals surface area contributed by atoms with Crippen molar-refractivity contribution in [2.24, 2.45) is 0 Å². The summed E-state index contributed by atoms with van der Waals surface area (Å²) >= 11 is 8.52. The number of carbonyl (C=O) groups is 2. The Morgan fingerprint density at radius 1 is 1.03 bits per heavy atom. The van der Waals surface area contributed by atoms with Crippen molar-refractivity contribution < 1.29 is 9.59 Å². The van der Waals surface area contributed by atoms with Gasteiger partial charge in [0.1, 0.15) is 0 Å². The summed E-state index contributed by atoms with van der Waals surface area (Å²) in [6, 6.07) is 14.5. The molecule has 2 amide bonds. The summed E-state index contributed by atoms with van der Waals surface area (Å²) < 4.78 is 1.14. The van der Waals surface area contributed by atoms with Crippen molar-refractivity contribution in [3.8, 4) is 0 Å². The Hall–Kier alpha value is -1.87. The average molecular weight is 515 g/mol. The number of benzene rings is 2. The second kappa shape index (κ2) is 9.17. The van der Waals surface area contributed by atoms with Crippen LogP contribution in [-0.4, -0.2) is 53.8 Å². The number of rotatable bonds is 4. The molecule has 2 saturated heterocycles. The van der Waals surface area contributed by atoms with E-state index in [0.717, 1.165) is 37.2 Å². The highest BCUT2D eigenvalue weighted by Gasteiger charge is 2.39. The molecule has 0 aromatic heterocycles. The third-order valence-electron chi connectivity index (χ3n) is 6.81. The van der Waals surface area contributed by atoms with Gasteiger partial charge in [0.2, 0.25) is 11.8 Å². The first-order chi connectivity index (χ1) is 15.5. The van der Waals surface area contributed by atoms with Gasteiger partial charge in [0.05, 0.1) is 17.1 Å². The van der Waals surface area contributed by atoms with Crippen molar-refractivity contribution in [1.82, 2.24) is 15.1 Å². The molecule has 2 aromatic carbocycles. The van der Waals surface area contributed by atoms with E-state index < -0.39 is 0 Å². The number of piperidine rings is 1. The maximum absolute atomic E-state index is 12.4. The summed E-state index contributed by atoms with van der Waals surface area (Å²) in [7, 11) is 0. The largest absolute Gasteiger partial charge is 0.368 e. The molecule has 8 heteroatoms. The number of fused-ring (bicyclic) bond motifs is 1. The molecule has 3 aliphatic rings. The van der Waals surface area contributed by atoms with Gasteiger partial charge in [-0.3, -0.25) is 24.7 Å². The Labute approximate surface area is 202 Å². The molecule has 0 aliphatic carbocycles. The molecule has 2 unspecified atom stereocenters. The summed E-state index contributed by atoms with van der Waals surface area (Å²) in [4.78, 5) is 31.1. The van der Waals surface area contributed by atoms with Crippen molar-refractivity contribution in [3.63, 3.8) is 0 Å². The van der Waals surface area contributed by atoms with Crippen LogP contribution in [0, 0.1) is 0 Å². The molecule has 2 aromatic rings. The molecule has 2 atom stereocenters. The number of nitrogens with zero attached hydrogens (tertiary/aromatic N) is 3. The fourth-order valence-electron chi connectivity index (χ4n) is 5.06. The number of nitrogens with one attached hydrogen (secondary N) is 1. The molecule has 168 valence electrons. The maximum Gasteiger partial charge on any atom is 0.243 e. The van der Waals surface area contributed by atoms with Crippen LogP contribution >= 0.6 is 28.6 Å². The van der Waals surface area contributed by atoms with E-state index in [9.17, 15) is 9.59 Å². The van der Waals surface area contributed by atoms with Crippen molar-refractivity contribution in [2.45, 2.75) is 37.3 Å². The summed E-state index contributed by atoms with van der Waals surface area (Å²) in [6.07, 6.45) is 0.945. The second-order valence-electron chi connectivity index (χ2n) is 8.71. The van der Waals surface area contributed by atoms with Crippen molar-refractivity contribution in [2.75, 3.05) is 31.1 Å². The van der Waals surface area contributed by atoms with Gasteiger partial charge in [0, 0.05) is 50.2 Å². The van der Waals surface area contributed by atoms with E-state index in [1.54, 1.807) is 0 Å². The maximum atomic E-state index is 12.4. The molecule has 5 rings (SSSR count). The number of hydrogen-bond acceptors (Lipinski definition) is 6. The zero-order valence-electron chi connectivity index (χ0n) is 17.8. The van der Waals surface area contributed by atoms with Gasteiger partial charge in [-0.2, -0.15) is 12.6 Å². The van der Waals surface area contributed by atoms with E-state index in [0.29, 0.717) is 19.4 Å². The predicted molar refractivity (Wildman–Crippen MR) is 132 cm³/mol. The molecular weight excluding hydrogens is 488 g/mol. The van der Waals surface area contributed by atoms with Crippen LogP contribution in [0.25, 0.3) is 0 Å². The molecule has 0 bridgehead atoms. The normalized spacial score (nSPS) is 24.5. The lowest BCUT2D eigenvalue weighted by Crippen LogP contribution is -2.51. The van der Waals surface area contributed by atoms with Crippen LogP contribution in [0.2, 0.25) is 0 Å². The van der Waals surface area contributed by atoms with E-state index in [2.05, 4.69) is 72.3 Å². The van der Waals surface area contributed by atoms with E-state index in [-0.39, 0.29) is 23.2 Å². The fourth-order valence-corrected chi connectivity index (χ4v) is 6.08. The zero-order valence-corrected chi connectivity index (χ0v) is 20.3. The minimum Gasteiger partial charge on any atom is -0.368 e. The SMILES string of the molecule is O=C1CCC(N2Cc3c(CN4CCN(c5ccccc5Br)CC4)cccc3C2S)C(=O)N1. The Bertz CT molecular complexity index is 1040. The molecule has 1 N–H and O–H groups in total. The quantitative estimate of drug-likeness (QED) is 0.484. The highest BCUT2D eigenvalue weighted by atomic mass is 79.9. The third kappa shape index (κ3) is 4.21. The minimum atomic E-state index is -0.302. The van der Waals surface area contributed by atoms with Gasteiger partial charge >= 0.3 is 0 Å². The van der Waals surface area contributed by atoms with Crippen LogP contribution in [0.1, 0.15) is 34.9 Å². The van der Waals surface area contributed by atoms with Gasteiger partial charge in [-0.1, -0.05) is 30.3 Å². The van der Waals surface area contributed by atoms with Gasteiger partial charge in [0.25, 0.3) is 0 Å². The number of amides is 2. The van der Waals surface area contributed by atoms with Gasteiger partial charge in [0.15, 0.2) is 0 Å². The van der Waals surface area contributed by atoms with E-state index in [4.69, 9.17) is 12.6 Å². The van der Waals surface area contributed by atoms with E-state index in [1.165, 1.54) is 22.4 Å². The highest BCUT2D eigenvalue weighted by molar-refractivity contribution is 9.10. The number of anilines is 1. The van der Waals surface area contributed by atoms with Gasteiger partial charge in [-0.05, 0) is 51.2 Å². The molecule has 0 radical (unpaired) electrons. The van der Waals surface area contributed by atoms with Crippen molar-refractivity contribution in [1.29, 1.82) is 0 Å². The summed E-state index contributed by atoms with van der Waals surface area (Å²) in [5.74, 6) is -0.376. The number of imide groups is 1. The van der Waals surface area contributed by atoms with Crippen molar-refractivity contribution in [3.05, 3.63) is 63.6 Å². The van der Waals surface area contributed by atoms with Crippen molar-refractivity contribution >= 4 is 46.1 Å². The van der Waals surface area contributed by atoms with Gasteiger partial charge in [-0.15, -0.1) is 0 Å². The lowest BCUT2D eigenvalue weighted by atomic mass is 10.0. The monoisotopic (exact) mass is 514 g/mol. The number of hydrogen-bond donors (Lipinski definition) is 2. The first kappa shape index (κ1) is 21.9. The fraction of sp³-hybridized carbons (Fsp3) is 0.417. The summed E-state index contributed by atoms with van der Waals surface area (Å²) in [5.41, 5.74) is 5.03. The van der Waals surface area contributed by atoms with Gasteiger partial charge < -0.3 is 4.90 Å². The third-order valence-corrected chi connectivity index (χ3v) is 8.06. The van der Waals surface area contributed by atoms with Gasteiger partial charge in [-0.25, -0.2) is 0 Å². The Kier molecular flexibility index (Phi) is 6.29. The van der Waals surface area contributed by atoms with E-state index in [1.807, 2.05) is 6.07 Å². The lowest BCUT2D eigenvalue weighted by Gasteiger charge is -2.36. The number of para-hydroxylation sites is 1. The topological polar surface area (TPSA) is 55.9 Å². The Morgan fingerprint density at radius 3 is 2.56 bits per heavy atom. The smallest absolute Gasteiger partial charge is 0.243 e. The molecule has 0 spiro atoms. The molecule has 3 aliphatic heterocycles.